The minimum Gasteiger partial charge on any atom is -0.478 e. The summed E-state index contributed by atoms with van der Waals surface area (Å²) in [7, 11) is -3.75. The zero-order chi connectivity index (χ0) is 16.9. The van der Waals surface area contributed by atoms with Gasteiger partial charge < -0.3 is 5.11 Å². The van der Waals surface area contributed by atoms with Gasteiger partial charge in [-0.05, 0) is 42.0 Å². The molecule has 6 heteroatoms. The third-order valence-electron chi connectivity index (χ3n) is 2.89. The van der Waals surface area contributed by atoms with Crippen molar-refractivity contribution in [1.82, 2.24) is 0 Å². The number of rotatable bonds is 5. The van der Waals surface area contributed by atoms with Crippen LogP contribution in [0.2, 0.25) is 0 Å². The van der Waals surface area contributed by atoms with Gasteiger partial charge in [0.25, 0.3) is 10.0 Å². The van der Waals surface area contributed by atoms with Crippen molar-refractivity contribution in [1.29, 1.82) is 0 Å². The Bertz CT molecular complexity index is 891. The van der Waals surface area contributed by atoms with Crippen LogP contribution in [0.15, 0.2) is 59.5 Å². The Morgan fingerprint density at radius 1 is 1.17 bits per heavy atom. The second-order valence-corrected chi connectivity index (χ2v) is 6.25. The molecule has 5 nitrogen and oxygen atoms in total. The van der Waals surface area contributed by atoms with Crippen LogP contribution in [0.4, 0.5) is 5.69 Å². The third kappa shape index (κ3) is 4.46. The third-order valence-corrected chi connectivity index (χ3v) is 4.29. The topological polar surface area (TPSA) is 83.5 Å². The van der Waals surface area contributed by atoms with Crippen LogP contribution in [0.1, 0.15) is 11.1 Å². The summed E-state index contributed by atoms with van der Waals surface area (Å²) in [4.78, 5) is 10.5. The first-order chi connectivity index (χ1) is 10.9. The highest BCUT2D eigenvalue weighted by Gasteiger charge is 2.13. The van der Waals surface area contributed by atoms with Crippen molar-refractivity contribution >= 4 is 27.8 Å². The second kappa shape index (κ2) is 6.81. The molecule has 0 aliphatic rings. The molecule has 2 rings (SSSR count). The standard InChI is InChI=1S/C17H13NO4S/c1-2-13-4-3-5-15(12-13)18-23(21,22)16-9-6-14(7-10-16)8-11-17(19)20/h1,3-12,18H,(H,19,20)/b11-8+. The van der Waals surface area contributed by atoms with E-state index < -0.39 is 16.0 Å². The fraction of sp³-hybridized carbons (Fsp3) is 0. The molecular weight excluding hydrogens is 314 g/mol. The average Bonchev–Trinajstić information content (AvgIpc) is 2.53. The second-order valence-electron chi connectivity index (χ2n) is 4.57. The van der Waals surface area contributed by atoms with Crippen LogP contribution in [0.25, 0.3) is 6.08 Å². The zero-order valence-corrected chi connectivity index (χ0v) is 12.7. The van der Waals surface area contributed by atoms with Gasteiger partial charge in [-0.15, -0.1) is 6.42 Å². The molecule has 2 aromatic rings. The van der Waals surface area contributed by atoms with Crippen molar-refractivity contribution in [3.8, 4) is 12.3 Å². The largest absolute Gasteiger partial charge is 0.478 e. The van der Waals surface area contributed by atoms with Gasteiger partial charge in [-0.25, -0.2) is 13.2 Å². The Labute approximate surface area is 134 Å². The maximum absolute atomic E-state index is 12.3. The molecule has 0 saturated carbocycles. The molecule has 0 radical (unpaired) electrons. The zero-order valence-electron chi connectivity index (χ0n) is 11.9. The first-order valence-electron chi connectivity index (χ1n) is 6.51. The maximum Gasteiger partial charge on any atom is 0.328 e. The van der Waals surface area contributed by atoms with Crippen LogP contribution in [0, 0.1) is 12.3 Å². The van der Waals surface area contributed by atoms with E-state index in [1.165, 1.54) is 30.3 Å². The number of carboxylic acids is 1. The smallest absolute Gasteiger partial charge is 0.328 e. The number of terminal acetylenes is 1. The highest BCUT2D eigenvalue weighted by Crippen LogP contribution is 2.18. The summed E-state index contributed by atoms with van der Waals surface area (Å²) >= 11 is 0. The van der Waals surface area contributed by atoms with Gasteiger partial charge in [0, 0.05) is 11.6 Å². The molecule has 0 spiro atoms. The summed E-state index contributed by atoms with van der Waals surface area (Å²) in [5, 5.41) is 8.56. The van der Waals surface area contributed by atoms with Crippen molar-refractivity contribution in [2.75, 3.05) is 4.72 Å². The van der Waals surface area contributed by atoms with E-state index in [1.807, 2.05) is 0 Å². The van der Waals surface area contributed by atoms with Crippen molar-refractivity contribution in [3.05, 3.63) is 65.7 Å². The minimum atomic E-state index is -3.75. The first kappa shape index (κ1) is 16.3. The molecule has 0 aliphatic heterocycles. The Hall–Kier alpha value is -3.04. The van der Waals surface area contributed by atoms with E-state index >= 15 is 0 Å². The molecule has 0 bridgehead atoms. The number of anilines is 1. The highest BCUT2D eigenvalue weighted by atomic mass is 32.2. The number of aliphatic carboxylic acids is 1. The van der Waals surface area contributed by atoms with Crippen LogP contribution in [-0.2, 0) is 14.8 Å². The van der Waals surface area contributed by atoms with Gasteiger partial charge in [0.15, 0.2) is 0 Å². The van der Waals surface area contributed by atoms with Gasteiger partial charge >= 0.3 is 5.97 Å². The molecular formula is C17H13NO4S. The van der Waals surface area contributed by atoms with Crippen molar-refractivity contribution in [2.45, 2.75) is 4.90 Å². The van der Waals surface area contributed by atoms with Crippen LogP contribution < -0.4 is 4.72 Å². The lowest BCUT2D eigenvalue weighted by Crippen LogP contribution is -2.12. The number of nitrogens with one attached hydrogen (secondary N) is 1. The van der Waals surface area contributed by atoms with E-state index in [0.29, 0.717) is 16.8 Å². The maximum atomic E-state index is 12.3. The van der Waals surface area contributed by atoms with E-state index in [-0.39, 0.29) is 4.90 Å². The number of carboxylic acid groups (broad SMARTS) is 1. The summed E-state index contributed by atoms with van der Waals surface area (Å²) in [6.07, 6.45) is 7.64. The van der Waals surface area contributed by atoms with Crippen molar-refractivity contribution in [2.24, 2.45) is 0 Å². The lowest BCUT2D eigenvalue weighted by atomic mass is 10.2. The van der Waals surface area contributed by atoms with Crippen LogP contribution in [-0.4, -0.2) is 19.5 Å². The highest BCUT2D eigenvalue weighted by molar-refractivity contribution is 7.92. The summed E-state index contributed by atoms with van der Waals surface area (Å²) in [5.74, 6) is 1.36. The number of sulfonamides is 1. The lowest BCUT2D eigenvalue weighted by molar-refractivity contribution is -0.131. The van der Waals surface area contributed by atoms with Gasteiger partial charge in [-0.2, -0.15) is 0 Å². The monoisotopic (exact) mass is 327 g/mol. The Morgan fingerprint density at radius 3 is 2.48 bits per heavy atom. The Morgan fingerprint density at radius 2 is 1.87 bits per heavy atom. The molecule has 0 aromatic heterocycles. The molecule has 0 atom stereocenters. The molecule has 116 valence electrons. The lowest BCUT2D eigenvalue weighted by Gasteiger charge is -2.08. The summed E-state index contributed by atoms with van der Waals surface area (Å²) in [6, 6.07) is 12.3. The summed E-state index contributed by atoms with van der Waals surface area (Å²) in [6.45, 7) is 0. The van der Waals surface area contributed by atoms with Gasteiger partial charge in [0.2, 0.25) is 0 Å². The van der Waals surface area contributed by atoms with E-state index in [2.05, 4.69) is 10.6 Å². The molecule has 0 saturated heterocycles. The number of hydrogen-bond donors (Lipinski definition) is 2. The molecule has 0 amide bonds. The van der Waals surface area contributed by atoms with Crippen LogP contribution in [0.3, 0.4) is 0 Å². The normalized spacial score (nSPS) is 11.1. The molecule has 0 unspecified atom stereocenters. The average molecular weight is 327 g/mol. The van der Waals surface area contributed by atoms with Gasteiger partial charge in [0.1, 0.15) is 0 Å². The Balaban J connectivity index is 2.22. The van der Waals surface area contributed by atoms with E-state index in [1.54, 1.807) is 24.3 Å². The van der Waals surface area contributed by atoms with E-state index in [0.717, 1.165) is 6.08 Å². The molecule has 2 aromatic carbocycles. The minimum absolute atomic E-state index is 0.0658. The summed E-state index contributed by atoms with van der Waals surface area (Å²) < 4.78 is 27.1. The molecule has 0 fully saturated rings. The van der Waals surface area contributed by atoms with Crippen LogP contribution in [0.5, 0.6) is 0 Å². The molecule has 2 N–H and O–H groups in total. The van der Waals surface area contributed by atoms with Gasteiger partial charge in [-0.3, -0.25) is 4.72 Å². The van der Waals surface area contributed by atoms with Crippen molar-refractivity contribution < 1.29 is 18.3 Å². The predicted molar refractivity (Wildman–Crippen MR) is 88.3 cm³/mol. The summed E-state index contributed by atoms with van der Waals surface area (Å²) in [5.41, 5.74) is 1.52. The van der Waals surface area contributed by atoms with E-state index in [4.69, 9.17) is 11.5 Å². The fourth-order valence-corrected chi connectivity index (χ4v) is 2.86. The number of carbonyl (C=O) groups is 1. The number of benzene rings is 2. The predicted octanol–water partition coefficient (Wildman–Crippen LogP) is 2.57. The fourth-order valence-electron chi connectivity index (χ4n) is 1.81. The number of hydrogen-bond acceptors (Lipinski definition) is 3. The molecule has 0 aliphatic carbocycles. The first-order valence-corrected chi connectivity index (χ1v) is 7.99. The van der Waals surface area contributed by atoms with Crippen molar-refractivity contribution in [3.63, 3.8) is 0 Å². The Kier molecular flexibility index (Phi) is 4.84. The molecule has 23 heavy (non-hydrogen) atoms. The van der Waals surface area contributed by atoms with Crippen LogP contribution >= 0.6 is 0 Å². The SMILES string of the molecule is C#Cc1cccc(NS(=O)(=O)c2ccc(/C=C/C(=O)O)cc2)c1. The van der Waals surface area contributed by atoms with E-state index in [9.17, 15) is 13.2 Å². The van der Waals surface area contributed by atoms with Gasteiger partial charge in [-0.1, -0.05) is 24.1 Å². The quantitative estimate of drug-likeness (QED) is 0.653. The molecule has 0 heterocycles. The van der Waals surface area contributed by atoms with Gasteiger partial charge in [0.05, 0.1) is 10.6 Å².